The Hall–Kier alpha value is -2.34. The van der Waals surface area contributed by atoms with E-state index in [1.165, 1.54) is 4.90 Å². The zero-order chi connectivity index (χ0) is 18.4. The number of aryl methyl sites for hydroxylation is 2. The van der Waals surface area contributed by atoms with Gasteiger partial charge in [0.1, 0.15) is 5.75 Å². The molecule has 2 aromatic rings. The molecule has 132 valence electrons. The van der Waals surface area contributed by atoms with E-state index < -0.39 is 0 Å². The molecule has 0 aliphatic heterocycles. The van der Waals surface area contributed by atoms with Crippen LogP contribution < -0.4 is 10.1 Å². The van der Waals surface area contributed by atoms with Gasteiger partial charge in [-0.2, -0.15) is 0 Å². The fraction of sp³-hybridized carbons (Fsp3) is 0.263. The summed E-state index contributed by atoms with van der Waals surface area (Å²) in [5.74, 6) is 0.0748. The predicted octanol–water partition coefficient (Wildman–Crippen LogP) is 3.54. The molecule has 0 aromatic heterocycles. The molecule has 0 unspecified atom stereocenters. The molecule has 0 atom stereocenters. The maximum atomic E-state index is 12.2. The number of rotatable bonds is 6. The van der Waals surface area contributed by atoms with Crippen LogP contribution in [0.25, 0.3) is 0 Å². The molecule has 0 saturated carbocycles. The average molecular weight is 405 g/mol. The van der Waals surface area contributed by atoms with Gasteiger partial charge in [0.25, 0.3) is 5.91 Å². The van der Waals surface area contributed by atoms with E-state index in [-0.39, 0.29) is 25.0 Å². The number of anilines is 1. The molecule has 0 aliphatic carbocycles. The number of hydrogen-bond acceptors (Lipinski definition) is 3. The number of carbonyl (C=O) groups is 2. The van der Waals surface area contributed by atoms with Crippen molar-refractivity contribution in [2.45, 2.75) is 13.8 Å². The van der Waals surface area contributed by atoms with Crippen LogP contribution in [0.3, 0.4) is 0 Å². The molecule has 0 heterocycles. The number of amides is 2. The fourth-order valence-corrected chi connectivity index (χ4v) is 2.70. The standard InChI is InChI=1S/C19H21BrN2O3/c1-13-7-6-8-14(2)19(13)21-17(23)11-22(3)18(24)12-25-16-10-5-4-9-15(16)20/h4-10H,11-12H2,1-3H3,(H,21,23). The zero-order valence-corrected chi connectivity index (χ0v) is 16.1. The van der Waals surface area contributed by atoms with Crippen molar-refractivity contribution >= 4 is 33.4 Å². The number of halogens is 1. The third-order valence-corrected chi connectivity index (χ3v) is 4.39. The Morgan fingerprint density at radius 1 is 1.08 bits per heavy atom. The molecule has 0 aliphatic rings. The minimum absolute atomic E-state index is 0.0358. The highest BCUT2D eigenvalue weighted by Gasteiger charge is 2.15. The second-order valence-electron chi connectivity index (χ2n) is 5.78. The third kappa shape index (κ3) is 5.32. The lowest BCUT2D eigenvalue weighted by molar-refractivity contribution is -0.135. The van der Waals surface area contributed by atoms with Gasteiger partial charge in [-0.3, -0.25) is 9.59 Å². The summed E-state index contributed by atoms with van der Waals surface area (Å²) < 4.78 is 6.26. The molecule has 5 nitrogen and oxygen atoms in total. The van der Waals surface area contributed by atoms with Crippen LogP contribution in [-0.2, 0) is 9.59 Å². The van der Waals surface area contributed by atoms with Crippen LogP contribution in [0.4, 0.5) is 5.69 Å². The molecule has 0 saturated heterocycles. The summed E-state index contributed by atoms with van der Waals surface area (Å²) in [5.41, 5.74) is 2.76. The number of hydrogen-bond donors (Lipinski definition) is 1. The van der Waals surface area contributed by atoms with Crippen molar-refractivity contribution in [3.63, 3.8) is 0 Å². The number of ether oxygens (including phenoxy) is 1. The van der Waals surface area contributed by atoms with Crippen molar-refractivity contribution in [3.05, 3.63) is 58.1 Å². The third-order valence-electron chi connectivity index (χ3n) is 3.74. The number of para-hydroxylation sites is 2. The first-order valence-corrected chi connectivity index (χ1v) is 8.65. The Morgan fingerprint density at radius 3 is 2.36 bits per heavy atom. The van der Waals surface area contributed by atoms with Crippen LogP contribution in [0, 0.1) is 13.8 Å². The topological polar surface area (TPSA) is 58.6 Å². The molecule has 2 rings (SSSR count). The zero-order valence-electron chi connectivity index (χ0n) is 14.5. The SMILES string of the molecule is Cc1cccc(C)c1NC(=O)CN(C)C(=O)COc1ccccc1Br. The van der Waals surface area contributed by atoms with Gasteiger partial charge >= 0.3 is 0 Å². The molecule has 0 radical (unpaired) electrons. The van der Waals surface area contributed by atoms with E-state index in [0.29, 0.717) is 5.75 Å². The summed E-state index contributed by atoms with van der Waals surface area (Å²) in [5, 5.41) is 2.87. The summed E-state index contributed by atoms with van der Waals surface area (Å²) in [7, 11) is 1.58. The molecule has 0 spiro atoms. The van der Waals surface area contributed by atoms with E-state index in [1.807, 2.05) is 50.2 Å². The van der Waals surface area contributed by atoms with Gasteiger partial charge in [0.15, 0.2) is 6.61 Å². The van der Waals surface area contributed by atoms with Crippen molar-refractivity contribution in [1.29, 1.82) is 0 Å². The molecule has 6 heteroatoms. The van der Waals surface area contributed by atoms with Crippen LogP contribution in [0.15, 0.2) is 46.9 Å². The number of likely N-dealkylation sites (N-methyl/N-ethyl adjacent to an activating group) is 1. The quantitative estimate of drug-likeness (QED) is 0.800. The molecule has 1 N–H and O–H groups in total. The highest BCUT2D eigenvalue weighted by Crippen LogP contribution is 2.23. The number of benzene rings is 2. The van der Waals surface area contributed by atoms with Gasteiger partial charge in [0.2, 0.25) is 5.91 Å². The van der Waals surface area contributed by atoms with Crippen LogP contribution >= 0.6 is 15.9 Å². The summed E-state index contributed by atoms with van der Waals surface area (Å²) in [6.07, 6.45) is 0. The number of nitrogens with one attached hydrogen (secondary N) is 1. The molecular formula is C19H21BrN2O3. The van der Waals surface area contributed by atoms with E-state index in [1.54, 1.807) is 13.1 Å². The van der Waals surface area contributed by atoms with Crippen LogP contribution in [-0.4, -0.2) is 36.9 Å². The van der Waals surface area contributed by atoms with Crippen LogP contribution in [0.5, 0.6) is 5.75 Å². The van der Waals surface area contributed by atoms with Crippen molar-refractivity contribution in [1.82, 2.24) is 4.90 Å². The highest BCUT2D eigenvalue weighted by atomic mass is 79.9. The average Bonchev–Trinajstić information content (AvgIpc) is 2.57. The lowest BCUT2D eigenvalue weighted by Gasteiger charge is -2.18. The Kier molecular flexibility index (Phi) is 6.58. The van der Waals surface area contributed by atoms with E-state index in [0.717, 1.165) is 21.3 Å². The molecule has 0 bridgehead atoms. The number of carbonyl (C=O) groups excluding carboxylic acids is 2. The van der Waals surface area contributed by atoms with Gasteiger partial charge in [0.05, 0.1) is 11.0 Å². The van der Waals surface area contributed by atoms with Crippen LogP contribution in [0.2, 0.25) is 0 Å². The van der Waals surface area contributed by atoms with E-state index in [2.05, 4.69) is 21.2 Å². The van der Waals surface area contributed by atoms with Gasteiger partial charge in [-0.15, -0.1) is 0 Å². The lowest BCUT2D eigenvalue weighted by atomic mass is 10.1. The van der Waals surface area contributed by atoms with Crippen molar-refractivity contribution in [2.24, 2.45) is 0 Å². The Balaban J connectivity index is 1.88. The summed E-state index contributed by atoms with van der Waals surface area (Å²) in [6, 6.07) is 13.1. The lowest BCUT2D eigenvalue weighted by Crippen LogP contribution is -2.37. The molecule has 25 heavy (non-hydrogen) atoms. The largest absolute Gasteiger partial charge is 0.483 e. The van der Waals surface area contributed by atoms with Gasteiger partial charge in [-0.25, -0.2) is 0 Å². The summed E-state index contributed by atoms with van der Waals surface area (Å²) in [4.78, 5) is 25.7. The van der Waals surface area contributed by atoms with Crippen molar-refractivity contribution < 1.29 is 14.3 Å². The van der Waals surface area contributed by atoms with Gasteiger partial charge in [0, 0.05) is 12.7 Å². The summed E-state index contributed by atoms with van der Waals surface area (Å²) >= 11 is 3.36. The van der Waals surface area contributed by atoms with Gasteiger partial charge in [-0.05, 0) is 53.0 Å². The van der Waals surface area contributed by atoms with E-state index in [9.17, 15) is 9.59 Å². The molecular weight excluding hydrogens is 384 g/mol. The molecule has 2 amide bonds. The second kappa shape index (κ2) is 8.67. The first-order valence-electron chi connectivity index (χ1n) is 7.86. The first-order chi connectivity index (χ1) is 11.9. The first kappa shape index (κ1) is 19.0. The number of nitrogens with zero attached hydrogens (tertiary/aromatic N) is 1. The Labute approximate surface area is 156 Å². The maximum Gasteiger partial charge on any atom is 0.260 e. The maximum absolute atomic E-state index is 12.2. The normalized spacial score (nSPS) is 10.2. The second-order valence-corrected chi connectivity index (χ2v) is 6.64. The van der Waals surface area contributed by atoms with Gasteiger partial charge < -0.3 is 15.0 Å². The Morgan fingerprint density at radius 2 is 1.72 bits per heavy atom. The fourth-order valence-electron chi connectivity index (χ4n) is 2.31. The molecule has 0 fully saturated rings. The van der Waals surface area contributed by atoms with E-state index in [4.69, 9.17) is 4.74 Å². The van der Waals surface area contributed by atoms with Gasteiger partial charge in [-0.1, -0.05) is 30.3 Å². The van der Waals surface area contributed by atoms with Crippen LogP contribution in [0.1, 0.15) is 11.1 Å². The Bertz CT molecular complexity index is 757. The minimum Gasteiger partial charge on any atom is -0.483 e. The smallest absolute Gasteiger partial charge is 0.260 e. The molecule has 2 aromatic carbocycles. The van der Waals surface area contributed by atoms with Crippen molar-refractivity contribution in [2.75, 3.05) is 25.5 Å². The summed E-state index contributed by atoms with van der Waals surface area (Å²) in [6.45, 7) is 3.70. The van der Waals surface area contributed by atoms with Crippen molar-refractivity contribution in [3.8, 4) is 5.75 Å². The monoisotopic (exact) mass is 404 g/mol. The highest BCUT2D eigenvalue weighted by molar-refractivity contribution is 9.10. The minimum atomic E-state index is -0.271. The van der Waals surface area contributed by atoms with E-state index >= 15 is 0 Å². The predicted molar refractivity (Wildman–Crippen MR) is 102 cm³/mol.